The van der Waals surface area contributed by atoms with Crippen LogP contribution >= 0.6 is 0 Å². The molecule has 106 valence electrons. The predicted molar refractivity (Wildman–Crippen MR) is 75.8 cm³/mol. The van der Waals surface area contributed by atoms with Gasteiger partial charge in [0.05, 0.1) is 5.52 Å². The van der Waals surface area contributed by atoms with Crippen molar-refractivity contribution in [1.82, 2.24) is 4.98 Å². The van der Waals surface area contributed by atoms with Crippen molar-refractivity contribution in [3.05, 3.63) is 60.0 Å². The highest BCUT2D eigenvalue weighted by Gasteiger charge is 2.11. The van der Waals surface area contributed by atoms with Crippen LogP contribution in [-0.2, 0) is 0 Å². The Labute approximate surface area is 118 Å². The lowest BCUT2D eigenvalue weighted by molar-refractivity contribution is 0.448. The molecule has 1 heterocycles. The smallest absolute Gasteiger partial charge is 0.194 e. The summed E-state index contributed by atoms with van der Waals surface area (Å²) >= 11 is 0. The second kappa shape index (κ2) is 4.97. The van der Waals surface area contributed by atoms with Crippen LogP contribution in [0.25, 0.3) is 10.9 Å². The van der Waals surface area contributed by atoms with Crippen LogP contribution in [0.3, 0.4) is 0 Å². The molecular weight excluding hydrogens is 279 g/mol. The molecule has 0 amide bonds. The van der Waals surface area contributed by atoms with Crippen molar-refractivity contribution in [3.8, 4) is 0 Å². The van der Waals surface area contributed by atoms with Crippen LogP contribution in [-0.4, -0.2) is 4.98 Å². The van der Waals surface area contributed by atoms with E-state index < -0.39 is 17.5 Å². The Morgan fingerprint density at radius 3 is 2.38 bits per heavy atom. The van der Waals surface area contributed by atoms with Crippen molar-refractivity contribution in [2.75, 3.05) is 11.1 Å². The summed E-state index contributed by atoms with van der Waals surface area (Å²) in [5.41, 5.74) is 7.58. The van der Waals surface area contributed by atoms with Crippen molar-refractivity contribution in [1.29, 1.82) is 0 Å². The quantitative estimate of drug-likeness (QED) is 0.554. The Morgan fingerprint density at radius 2 is 1.67 bits per heavy atom. The van der Waals surface area contributed by atoms with Crippen LogP contribution in [0.5, 0.6) is 0 Å². The summed E-state index contributed by atoms with van der Waals surface area (Å²) in [6.07, 6.45) is 1.54. The van der Waals surface area contributed by atoms with Crippen LogP contribution in [0.15, 0.2) is 42.6 Å². The molecule has 3 N–H and O–H groups in total. The number of nitrogens with one attached hydrogen (secondary N) is 1. The van der Waals surface area contributed by atoms with Crippen LogP contribution in [0.4, 0.5) is 30.2 Å². The normalized spacial score (nSPS) is 10.8. The fourth-order valence-electron chi connectivity index (χ4n) is 2.06. The maximum absolute atomic E-state index is 13.2. The van der Waals surface area contributed by atoms with Crippen LogP contribution in [0.2, 0.25) is 0 Å². The van der Waals surface area contributed by atoms with Gasteiger partial charge >= 0.3 is 0 Å². The van der Waals surface area contributed by atoms with E-state index in [2.05, 4.69) is 10.3 Å². The van der Waals surface area contributed by atoms with E-state index in [4.69, 9.17) is 5.73 Å². The molecule has 3 nitrogen and oxygen atoms in total. The molecule has 0 aliphatic heterocycles. The summed E-state index contributed by atoms with van der Waals surface area (Å²) in [7, 11) is 0. The van der Waals surface area contributed by atoms with Gasteiger partial charge in [-0.25, -0.2) is 13.2 Å². The zero-order valence-electron chi connectivity index (χ0n) is 10.7. The Hall–Kier alpha value is -2.76. The number of nitrogens with zero attached hydrogens (tertiary/aromatic N) is 1. The second-order valence-electron chi connectivity index (χ2n) is 4.51. The molecule has 0 saturated heterocycles. The summed E-state index contributed by atoms with van der Waals surface area (Å²) in [5.74, 6) is -3.99. The van der Waals surface area contributed by atoms with Gasteiger partial charge in [0.2, 0.25) is 0 Å². The molecule has 0 atom stereocenters. The van der Waals surface area contributed by atoms with Crippen molar-refractivity contribution < 1.29 is 13.2 Å². The highest BCUT2D eigenvalue weighted by Crippen LogP contribution is 2.27. The Bertz CT molecular complexity index is 811. The molecule has 6 heteroatoms. The maximum Gasteiger partial charge on any atom is 0.194 e. The third-order valence-corrected chi connectivity index (χ3v) is 3.03. The molecule has 2 aromatic carbocycles. The molecule has 0 spiro atoms. The Morgan fingerprint density at radius 1 is 0.952 bits per heavy atom. The zero-order chi connectivity index (χ0) is 15.0. The molecule has 0 fully saturated rings. The van der Waals surface area contributed by atoms with E-state index in [0.29, 0.717) is 16.9 Å². The van der Waals surface area contributed by atoms with Gasteiger partial charge in [0.15, 0.2) is 17.5 Å². The Balaban J connectivity index is 2.06. The number of nitrogens with two attached hydrogens (primary N) is 1. The predicted octanol–water partition coefficient (Wildman–Crippen LogP) is 3.98. The van der Waals surface area contributed by atoms with Crippen molar-refractivity contribution in [3.63, 3.8) is 0 Å². The average molecular weight is 289 g/mol. The zero-order valence-corrected chi connectivity index (χ0v) is 10.7. The van der Waals surface area contributed by atoms with E-state index in [1.807, 2.05) is 0 Å². The number of fused-ring (bicyclic) bond motifs is 1. The van der Waals surface area contributed by atoms with Crippen LogP contribution in [0, 0.1) is 17.5 Å². The average Bonchev–Trinajstić information content (AvgIpc) is 2.44. The third kappa shape index (κ3) is 2.47. The van der Waals surface area contributed by atoms with Gasteiger partial charge in [-0.3, -0.25) is 4.98 Å². The molecule has 0 aliphatic rings. The fraction of sp³-hybridized carbons (Fsp3) is 0. The molecule has 0 radical (unpaired) electrons. The van der Waals surface area contributed by atoms with Gasteiger partial charge in [0.25, 0.3) is 0 Å². The highest BCUT2D eigenvalue weighted by molar-refractivity contribution is 5.94. The topological polar surface area (TPSA) is 50.9 Å². The first-order valence-electron chi connectivity index (χ1n) is 6.10. The first-order chi connectivity index (χ1) is 10.0. The van der Waals surface area contributed by atoms with Gasteiger partial charge in [0, 0.05) is 40.8 Å². The van der Waals surface area contributed by atoms with Gasteiger partial charge < -0.3 is 11.1 Å². The fourth-order valence-corrected chi connectivity index (χ4v) is 2.06. The number of pyridine rings is 1. The number of rotatable bonds is 2. The molecule has 3 rings (SSSR count). The number of hydrogen-bond acceptors (Lipinski definition) is 3. The lowest BCUT2D eigenvalue weighted by Gasteiger charge is -2.10. The Kier molecular flexibility index (Phi) is 3.13. The number of anilines is 3. The summed E-state index contributed by atoms with van der Waals surface area (Å²) in [6.45, 7) is 0. The largest absolute Gasteiger partial charge is 0.399 e. The molecule has 3 aromatic rings. The van der Waals surface area contributed by atoms with Gasteiger partial charge in [-0.15, -0.1) is 0 Å². The van der Waals surface area contributed by atoms with E-state index in [1.165, 1.54) is 0 Å². The summed E-state index contributed by atoms with van der Waals surface area (Å²) in [6, 6.07) is 8.56. The number of hydrogen-bond donors (Lipinski definition) is 2. The summed E-state index contributed by atoms with van der Waals surface area (Å²) in [5, 5.41) is 3.58. The minimum atomic E-state index is -1.49. The van der Waals surface area contributed by atoms with Crippen LogP contribution in [0.1, 0.15) is 0 Å². The SMILES string of the molecule is Nc1ccc2c(Nc3cc(F)c(F)c(F)c3)ccnc2c1. The number of halogens is 3. The second-order valence-corrected chi connectivity index (χ2v) is 4.51. The monoisotopic (exact) mass is 289 g/mol. The van der Waals surface area contributed by atoms with Gasteiger partial charge in [-0.2, -0.15) is 0 Å². The van der Waals surface area contributed by atoms with Gasteiger partial charge in [-0.05, 0) is 24.3 Å². The molecule has 0 unspecified atom stereocenters. The third-order valence-electron chi connectivity index (χ3n) is 3.03. The highest BCUT2D eigenvalue weighted by atomic mass is 19.2. The minimum Gasteiger partial charge on any atom is -0.399 e. The molecule has 0 bridgehead atoms. The van der Waals surface area contributed by atoms with E-state index in [1.54, 1.807) is 30.5 Å². The number of nitrogen functional groups attached to an aromatic ring is 1. The summed E-state index contributed by atoms with van der Waals surface area (Å²) in [4.78, 5) is 4.17. The molecular formula is C15H10F3N3. The van der Waals surface area contributed by atoms with Crippen molar-refractivity contribution in [2.24, 2.45) is 0 Å². The van der Waals surface area contributed by atoms with Gasteiger partial charge in [-0.1, -0.05) is 0 Å². The first kappa shape index (κ1) is 13.2. The van der Waals surface area contributed by atoms with E-state index in [9.17, 15) is 13.2 Å². The minimum absolute atomic E-state index is 0.107. The lowest BCUT2D eigenvalue weighted by Crippen LogP contribution is -1.97. The van der Waals surface area contributed by atoms with Crippen molar-refractivity contribution in [2.45, 2.75) is 0 Å². The van der Waals surface area contributed by atoms with Crippen LogP contribution < -0.4 is 11.1 Å². The number of aromatic nitrogens is 1. The van der Waals surface area contributed by atoms with Crippen molar-refractivity contribution >= 4 is 28.0 Å². The van der Waals surface area contributed by atoms with E-state index in [-0.39, 0.29) is 5.69 Å². The molecule has 0 saturated carbocycles. The summed E-state index contributed by atoms with van der Waals surface area (Å²) < 4.78 is 39.4. The van der Waals surface area contributed by atoms with E-state index >= 15 is 0 Å². The van der Waals surface area contributed by atoms with Gasteiger partial charge in [0.1, 0.15) is 0 Å². The molecule has 21 heavy (non-hydrogen) atoms. The molecule has 0 aliphatic carbocycles. The molecule has 1 aromatic heterocycles. The number of benzene rings is 2. The van der Waals surface area contributed by atoms with E-state index in [0.717, 1.165) is 17.5 Å². The first-order valence-corrected chi connectivity index (χ1v) is 6.10. The maximum atomic E-state index is 13.2. The lowest BCUT2D eigenvalue weighted by atomic mass is 10.1. The standard InChI is InChI=1S/C15H10F3N3/c16-11-6-9(7-12(17)15(11)18)21-13-3-4-20-14-5-8(19)1-2-10(13)14/h1-7H,19H2,(H,20,21).